The number of para-hydroxylation sites is 2. The van der Waals surface area contributed by atoms with Crippen LogP contribution >= 0.6 is 0 Å². The molecule has 2 amide bonds. The molecule has 0 bridgehead atoms. The van der Waals surface area contributed by atoms with E-state index in [1.165, 1.54) is 0 Å². The molecule has 2 rings (SSSR count). The molecule has 0 aliphatic carbocycles. The first-order valence-corrected chi connectivity index (χ1v) is 7.95. The van der Waals surface area contributed by atoms with Gasteiger partial charge in [-0.1, -0.05) is 12.1 Å². The van der Waals surface area contributed by atoms with Crippen molar-refractivity contribution < 1.29 is 14.3 Å². The number of nitrogens with one attached hydrogen (secondary N) is 2. The van der Waals surface area contributed by atoms with Gasteiger partial charge >= 0.3 is 0 Å². The van der Waals surface area contributed by atoms with Crippen LogP contribution in [-0.2, 0) is 20.9 Å². The molecule has 0 aliphatic heterocycles. The molecular weight excluding hydrogens is 310 g/mol. The number of carbonyl (C=O) groups excluding carboxylic acids is 2. The van der Waals surface area contributed by atoms with E-state index in [0.29, 0.717) is 25.7 Å². The van der Waals surface area contributed by atoms with Gasteiger partial charge in [-0.25, -0.2) is 4.98 Å². The second-order valence-corrected chi connectivity index (χ2v) is 5.16. The standard InChI is InChI=1S/C16H23N5O3/c1-2-24-9-5-8-21-13-7-4-3-6-12(13)19-16(21)20-15(23)11-18-14(22)10-17/h3-4,6-7H,2,5,8-11,17H2,1H3,(H,18,22)(H,19,20,23). The summed E-state index contributed by atoms with van der Waals surface area (Å²) in [6.07, 6.45) is 0.807. The maximum absolute atomic E-state index is 12.0. The fourth-order valence-corrected chi connectivity index (χ4v) is 2.29. The minimum Gasteiger partial charge on any atom is -0.382 e. The predicted molar refractivity (Wildman–Crippen MR) is 91.5 cm³/mol. The van der Waals surface area contributed by atoms with Crippen LogP contribution in [0.5, 0.6) is 0 Å². The van der Waals surface area contributed by atoms with Crippen molar-refractivity contribution in [1.29, 1.82) is 0 Å². The number of aryl methyl sites for hydroxylation is 1. The van der Waals surface area contributed by atoms with Crippen molar-refractivity contribution in [3.63, 3.8) is 0 Å². The molecule has 0 spiro atoms. The van der Waals surface area contributed by atoms with Crippen molar-refractivity contribution in [3.8, 4) is 0 Å². The van der Waals surface area contributed by atoms with E-state index < -0.39 is 0 Å². The van der Waals surface area contributed by atoms with Gasteiger partial charge < -0.3 is 20.4 Å². The van der Waals surface area contributed by atoms with Gasteiger partial charge in [-0.2, -0.15) is 0 Å². The van der Waals surface area contributed by atoms with Crippen LogP contribution in [0, 0.1) is 0 Å². The summed E-state index contributed by atoms with van der Waals surface area (Å²) < 4.78 is 7.30. The summed E-state index contributed by atoms with van der Waals surface area (Å²) in [4.78, 5) is 27.6. The highest BCUT2D eigenvalue weighted by Crippen LogP contribution is 2.20. The number of nitrogens with two attached hydrogens (primary N) is 1. The smallest absolute Gasteiger partial charge is 0.246 e. The number of hydrogen-bond acceptors (Lipinski definition) is 5. The van der Waals surface area contributed by atoms with Gasteiger partial charge in [0, 0.05) is 19.8 Å². The molecular formula is C16H23N5O3. The molecule has 0 saturated carbocycles. The molecule has 2 aromatic rings. The van der Waals surface area contributed by atoms with Crippen molar-refractivity contribution >= 4 is 28.8 Å². The monoisotopic (exact) mass is 333 g/mol. The molecule has 24 heavy (non-hydrogen) atoms. The number of carbonyl (C=O) groups is 2. The number of hydrogen-bond donors (Lipinski definition) is 3. The Morgan fingerprint density at radius 1 is 1.29 bits per heavy atom. The van der Waals surface area contributed by atoms with Gasteiger partial charge in [-0.15, -0.1) is 0 Å². The molecule has 0 saturated heterocycles. The van der Waals surface area contributed by atoms with Crippen LogP contribution in [0.4, 0.5) is 5.95 Å². The van der Waals surface area contributed by atoms with Gasteiger partial charge in [0.25, 0.3) is 0 Å². The molecule has 0 radical (unpaired) electrons. The topological polar surface area (TPSA) is 111 Å². The van der Waals surface area contributed by atoms with Crippen molar-refractivity contribution in [3.05, 3.63) is 24.3 Å². The highest BCUT2D eigenvalue weighted by Gasteiger charge is 2.13. The Labute approximate surface area is 140 Å². The number of amides is 2. The Morgan fingerprint density at radius 3 is 2.83 bits per heavy atom. The first-order chi connectivity index (χ1) is 11.7. The highest BCUT2D eigenvalue weighted by molar-refractivity contribution is 5.95. The van der Waals surface area contributed by atoms with E-state index in [-0.39, 0.29) is 24.9 Å². The van der Waals surface area contributed by atoms with E-state index in [0.717, 1.165) is 17.5 Å². The Morgan fingerprint density at radius 2 is 2.08 bits per heavy atom. The van der Waals surface area contributed by atoms with Crippen LogP contribution < -0.4 is 16.4 Å². The third-order valence-corrected chi connectivity index (χ3v) is 3.41. The molecule has 0 unspecified atom stereocenters. The average molecular weight is 333 g/mol. The summed E-state index contributed by atoms with van der Waals surface area (Å²) >= 11 is 0. The number of imidazole rings is 1. The quantitative estimate of drug-likeness (QED) is 0.578. The predicted octanol–water partition coefficient (Wildman–Crippen LogP) is 0.476. The van der Waals surface area contributed by atoms with E-state index in [1.807, 2.05) is 35.8 Å². The average Bonchev–Trinajstić information content (AvgIpc) is 2.93. The number of fused-ring (bicyclic) bond motifs is 1. The third-order valence-electron chi connectivity index (χ3n) is 3.41. The fraction of sp³-hybridized carbons (Fsp3) is 0.438. The molecule has 8 nitrogen and oxygen atoms in total. The van der Waals surface area contributed by atoms with E-state index >= 15 is 0 Å². The van der Waals surface area contributed by atoms with E-state index in [2.05, 4.69) is 15.6 Å². The van der Waals surface area contributed by atoms with Crippen molar-refractivity contribution in [1.82, 2.24) is 14.9 Å². The molecule has 1 aromatic heterocycles. The molecule has 130 valence electrons. The van der Waals surface area contributed by atoms with Crippen molar-refractivity contribution in [2.75, 3.05) is 31.6 Å². The Balaban J connectivity index is 2.09. The van der Waals surface area contributed by atoms with Crippen LogP contribution in [0.15, 0.2) is 24.3 Å². The molecule has 4 N–H and O–H groups in total. The Kier molecular flexibility index (Phi) is 6.71. The number of ether oxygens (including phenoxy) is 1. The van der Waals surface area contributed by atoms with E-state index in [1.54, 1.807) is 0 Å². The van der Waals surface area contributed by atoms with Crippen molar-refractivity contribution in [2.45, 2.75) is 19.9 Å². The van der Waals surface area contributed by atoms with E-state index in [4.69, 9.17) is 10.5 Å². The number of rotatable bonds is 9. The summed E-state index contributed by atoms with van der Waals surface area (Å²) in [5, 5.41) is 5.17. The van der Waals surface area contributed by atoms with Crippen LogP contribution in [0.25, 0.3) is 11.0 Å². The normalized spacial score (nSPS) is 10.8. The third kappa shape index (κ3) is 4.77. The molecule has 1 aromatic carbocycles. The second kappa shape index (κ2) is 8.99. The van der Waals surface area contributed by atoms with Crippen LogP contribution in [0.1, 0.15) is 13.3 Å². The first-order valence-electron chi connectivity index (χ1n) is 7.95. The lowest BCUT2D eigenvalue weighted by molar-refractivity contribution is -0.123. The lowest BCUT2D eigenvalue weighted by Gasteiger charge is -2.10. The molecule has 8 heteroatoms. The summed E-state index contributed by atoms with van der Waals surface area (Å²) in [5.74, 6) is -0.270. The Hall–Kier alpha value is -2.45. The number of benzene rings is 1. The zero-order chi connectivity index (χ0) is 17.4. The SMILES string of the molecule is CCOCCCn1c(NC(=O)CNC(=O)CN)nc2ccccc21. The molecule has 1 heterocycles. The summed E-state index contributed by atoms with van der Waals surface area (Å²) in [7, 11) is 0. The van der Waals surface area contributed by atoms with Crippen molar-refractivity contribution in [2.24, 2.45) is 5.73 Å². The van der Waals surface area contributed by atoms with Crippen LogP contribution in [-0.4, -0.2) is 47.7 Å². The maximum atomic E-state index is 12.0. The lowest BCUT2D eigenvalue weighted by atomic mass is 10.3. The second-order valence-electron chi connectivity index (χ2n) is 5.16. The van der Waals surface area contributed by atoms with Gasteiger partial charge in [-0.05, 0) is 25.5 Å². The van der Waals surface area contributed by atoms with Crippen LogP contribution in [0.2, 0.25) is 0 Å². The van der Waals surface area contributed by atoms with Gasteiger partial charge in [0.1, 0.15) is 0 Å². The largest absolute Gasteiger partial charge is 0.382 e. The number of nitrogens with zero attached hydrogens (tertiary/aromatic N) is 2. The first kappa shape index (κ1) is 17.9. The minimum atomic E-state index is -0.379. The number of anilines is 1. The highest BCUT2D eigenvalue weighted by atomic mass is 16.5. The number of aromatic nitrogens is 2. The van der Waals surface area contributed by atoms with Gasteiger partial charge in [0.15, 0.2) is 0 Å². The summed E-state index contributed by atoms with van der Waals surface area (Å²) in [6.45, 7) is 3.65. The molecule has 0 fully saturated rings. The zero-order valence-electron chi connectivity index (χ0n) is 13.7. The fourth-order valence-electron chi connectivity index (χ4n) is 2.29. The van der Waals surface area contributed by atoms with Crippen LogP contribution in [0.3, 0.4) is 0 Å². The minimum absolute atomic E-state index is 0.141. The summed E-state index contributed by atoms with van der Waals surface area (Å²) in [6, 6.07) is 7.66. The van der Waals surface area contributed by atoms with Gasteiger partial charge in [-0.3, -0.25) is 14.9 Å². The summed E-state index contributed by atoms with van der Waals surface area (Å²) in [5.41, 5.74) is 6.93. The van der Waals surface area contributed by atoms with Gasteiger partial charge in [0.05, 0.1) is 24.1 Å². The Bertz CT molecular complexity index is 698. The maximum Gasteiger partial charge on any atom is 0.246 e. The van der Waals surface area contributed by atoms with Gasteiger partial charge in [0.2, 0.25) is 17.8 Å². The molecule has 0 atom stereocenters. The zero-order valence-corrected chi connectivity index (χ0v) is 13.7. The molecule has 0 aliphatic rings. The lowest BCUT2D eigenvalue weighted by Crippen LogP contribution is -2.36. The van der Waals surface area contributed by atoms with E-state index in [9.17, 15) is 9.59 Å².